The van der Waals surface area contributed by atoms with Crippen LogP contribution in [0.4, 0.5) is 0 Å². The minimum absolute atomic E-state index is 0.251. The van der Waals surface area contributed by atoms with Gasteiger partial charge in [0.05, 0.1) is 5.56 Å². The zero-order valence-corrected chi connectivity index (χ0v) is 8.86. The Morgan fingerprint density at radius 3 is 2.50 bits per heavy atom. The summed E-state index contributed by atoms with van der Waals surface area (Å²) < 4.78 is 5.04. The first kappa shape index (κ1) is 10.5. The van der Waals surface area contributed by atoms with Gasteiger partial charge in [-0.3, -0.25) is 0 Å². The van der Waals surface area contributed by atoms with Gasteiger partial charge in [-0.2, -0.15) is 0 Å². The molecule has 0 radical (unpaired) electrons. The number of phenols is 2. The summed E-state index contributed by atoms with van der Waals surface area (Å²) in [7, 11) is 0. The van der Waals surface area contributed by atoms with E-state index in [1.807, 2.05) is 6.92 Å². The van der Waals surface area contributed by atoms with Crippen molar-refractivity contribution in [2.45, 2.75) is 19.8 Å². The highest BCUT2D eigenvalue weighted by Gasteiger charge is 2.27. The topological polar surface area (TPSA) is 66.8 Å². The Morgan fingerprint density at radius 1 is 1.25 bits per heavy atom. The number of unbranched alkanes of at least 4 members (excludes halogenated alkanes) is 1. The van der Waals surface area contributed by atoms with Crippen molar-refractivity contribution in [1.29, 1.82) is 0 Å². The Bertz CT molecular complexity index is 474. The van der Waals surface area contributed by atoms with Gasteiger partial charge in [0, 0.05) is 5.56 Å². The number of allylic oxidation sites excluding steroid dienone is 1. The van der Waals surface area contributed by atoms with Gasteiger partial charge in [0.1, 0.15) is 5.76 Å². The van der Waals surface area contributed by atoms with Crippen LogP contribution in [-0.4, -0.2) is 16.2 Å². The lowest BCUT2D eigenvalue weighted by Gasteiger charge is -2.00. The number of cyclic esters (lactones) is 1. The molecule has 4 nitrogen and oxygen atoms in total. The monoisotopic (exact) mass is 220 g/mol. The van der Waals surface area contributed by atoms with Gasteiger partial charge in [-0.15, -0.1) is 0 Å². The maximum Gasteiger partial charge on any atom is 0.344 e. The molecule has 0 aliphatic carbocycles. The summed E-state index contributed by atoms with van der Waals surface area (Å²) >= 11 is 0. The van der Waals surface area contributed by atoms with E-state index in [1.54, 1.807) is 6.08 Å². The van der Waals surface area contributed by atoms with Crippen molar-refractivity contribution in [2.75, 3.05) is 0 Å². The number of carbonyl (C=O) groups excluding carboxylic acids is 1. The number of benzene rings is 1. The van der Waals surface area contributed by atoms with E-state index < -0.39 is 5.97 Å². The van der Waals surface area contributed by atoms with Crippen LogP contribution in [0.25, 0.3) is 5.76 Å². The molecule has 0 unspecified atom stereocenters. The quantitative estimate of drug-likeness (QED) is 0.593. The van der Waals surface area contributed by atoms with Crippen molar-refractivity contribution in [3.05, 3.63) is 29.3 Å². The van der Waals surface area contributed by atoms with Crippen LogP contribution >= 0.6 is 0 Å². The van der Waals surface area contributed by atoms with Crippen molar-refractivity contribution in [3.8, 4) is 11.5 Å². The number of hydrogen-bond acceptors (Lipinski definition) is 4. The first-order valence-corrected chi connectivity index (χ1v) is 5.12. The molecule has 0 atom stereocenters. The molecule has 0 bridgehead atoms. The van der Waals surface area contributed by atoms with Crippen molar-refractivity contribution in [3.63, 3.8) is 0 Å². The van der Waals surface area contributed by atoms with Gasteiger partial charge >= 0.3 is 5.97 Å². The zero-order chi connectivity index (χ0) is 11.7. The number of rotatable bonds is 2. The summed E-state index contributed by atoms with van der Waals surface area (Å²) in [5, 5.41) is 18.7. The Labute approximate surface area is 92.8 Å². The summed E-state index contributed by atoms with van der Waals surface area (Å²) in [6.45, 7) is 2.02. The van der Waals surface area contributed by atoms with E-state index in [2.05, 4.69) is 0 Å². The molecule has 0 spiro atoms. The predicted molar refractivity (Wildman–Crippen MR) is 58.1 cm³/mol. The standard InChI is InChI=1S/C12H12O4/c1-2-3-4-11-7-5-9(13)10(14)6-8(7)12(15)16-11/h4-6,13-14H,2-3H2,1H3/b11-4-. The third kappa shape index (κ3) is 1.62. The highest BCUT2D eigenvalue weighted by molar-refractivity contribution is 6.03. The molecule has 0 saturated carbocycles. The van der Waals surface area contributed by atoms with Crippen LogP contribution in [0.15, 0.2) is 18.2 Å². The fourth-order valence-corrected chi connectivity index (χ4v) is 1.59. The van der Waals surface area contributed by atoms with Crippen LogP contribution in [0.2, 0.25) is 0 Å². The van der Waals surface area contributed by atoms with Crippen LogP contribution in [0.1, 0.15) is 35.7 Å². The lowest BCUT2D eigenvalue weighted by Crippen LogP contribution is -1.92. The molecular weight excluding hydrogens is 208 g/mol. The third-order valence-electron chi connectivity index (χ3n) is 2.42. The van der Waals surface area contributed by atoms with Crippen molar-refractivity contribution >= 4 is 11.7 Å². The lowest BCUT2D eigenvalue weighted by atomic mass is 10.1. The number of phenolic OH excluding ortho intramolecular Hbond substituents is 2. The lowest BCUT2D eigenvalue weighted by molar-refractivity contribution is 0.0715. The second-order valence-corrected chi connectivity index (χ2v) is 3.63. The fraction of sp³-hybridized carbons (Fsp3) is 0.250. The molecule has 84 valence electrons. The first-order chi connectivity index (χ1) is 7.63. The van der Waals surface area contributed by atoms with Crippen LogP contribution < -0.4 is 0 Å². The molecule has 0 fully saturated rings. The summed E-state index contributed by atoms with van der Waals surface area (Å²) in [6.07, 6.45) is 3.55. The number of fused-ring (bicyclic) bond motifs is 1. The normalized spacial score (nSPS) is 16.3. The summed E-state index contributed by atoms with van der Waals surface area (Å²) in [5.41, 5.74) is 0.825. The molecule has 1 aliphatic rings. The molecule has 0 saturated heterocycles. The van der Waals surface area contributed by atoms with Gasteiger partial charge in [-0.25, -0.2) is 4.79 Å². The minimum Gasteiger partial charge on any atom is -0.504 e. The van der Waals surface area contributed by atoms with E-state index in [9.17, 15) is 15.0 Å². The molecule has 1 aromatic carbocycles. The third-order valence-corrected chi connectivity index (χ3v) is 2.42. The van der Waals surface area contributed by atoms with E-state index in [0.717, 1.165) is 12.8 Å². The summed E-state index contributed by atoms with van der Waals surface area (Å²) in [6, 6.07) is 2.57. The molecule has 0 aromatic heterocycles. The van der Waals surface area contributed by atoms with Gasteiger partial charge in [0.15, 0.2) is 11.5 Å². The molecule has 1 aliphatic heterocycles. The van der Waals surface area contributed by atoms with E-state index in [4.69, 9.17) is 4.74 Å². The molecule has 1 heterocycles. The second-order valence-electron chi connectivity index (χ2n) is 3.63. The SMILES string of the molecule is CCC/C=C1\OC(=O)c2cc(O)c(O)cc21. The second kappa shape index (κ2) is 3.89. The van der Waals surface area contributed by atoms with E-state index >= 15 is 0 Å². The Hall–Kier alpha value is -1.97. The molecule has 1 aromatic rings. The average Bonchev–Trinajstić information content (AvgIpc) is 2.54. The van der Waals surface area contributed by atoms with Gasteiger partial charge in [0.2, 0.25) is 0 Å². The fourth-order valence-electron chi connectivity index (χ4n) is 1.59. The molecule has 0 amide bonds. The Kier molecular flexibility index (Phi) is 2.56. The maximum atomic E-state index is 11.4. The van der Waals surface area contributed by atoms with E-state index in [1.165, 1.54) is 12.1 Å². The highest BCUT2D eigenvalue weighted by atomic mass is 16.5. The first-order valence-electron chi connectivity index (χ1n) is 5.12. The largest absolute Gasteiger partial charge is 0.504 e. The minimum atomic E-state index is -0.493. The number of carbonyl (C=O) groups is 1. The van der Waals surface area contributed by atoms with Crippen LogP contribution in [0, 0.1) is 0 Å². The van der Waals surface area contributed by atoms with Crippen LogP contribution in [0.3, 0.4) is 0 Å². The number of ether oxygens (including phenoxy) is 1. The smallest absolute Gasteiger partial charge is 0.344 e. The highest BCUT2D eigenvalue weighted by Crippen LogP contribution is 2.37. The van der Waals surface area contributed by atoms with Crippen molar-refractivity contribution < 1.29 is 19.7 Å². The number of esters is 1. The van der Waals surface area contributed by atoms with E-state index in [0.29, 0.717) is 11.3 Å². The number of hydrogen-bond donors (Lipinski definition) is 2. The van der Waals surface area contributed by atoms with E-state index in [-0.39, 0.29) is 17.1 Å². The van der Waals surface area contributed by atoms with Gasteiger partial charge in [-0.1, -0.05) is 13.3 Å². The average molecular weight is 220 g/mol. The molecule has 2 rings (SSSR count). The molecule has 4 heteroatoms. The summed E-state index contributed by atoms with van der Waals surface area (Å²) in [5.74, 6) is -0.600. The predicted octanol–water partition coefficient (Wildman–Crippen LogP) is 2.41. The van der Waals surface area contributed by atoms with Crippen LogP contribution in [-0.2, 0) is 4.74 Å². The van der Waals surface area contributed by atoms with Gasteiger partial charge in [0.25, 0.3) is 0 Å². The zero-order valence-electron chi connectivity index (χ0n) is 8.86. The summed E-state index contributed by atoms with van der Waals surface area (Å²) in [4.78, 5) is 11.4. The Balaban J connectivity index is 2.49. The number of aromatic hydroxyl groups is 2. The van der Waals surface area contributed by atoms with Crippen molar-refractivity contribution in [2.24, 2.45) is 0 Å². The molecule has 16 heavy (non-hydrogen) atoms. The van der Waals surface area contributed by atoms with Gasteiger partial charge < -0.3 is 14.9 Å². The van der Waals surface area contributed by atoms with Crippen molar-refractivity contribution in [1.82, 2.24) is 0 Å². The molecule has 2 N–H and O–H groups in total. The van der Waals surface area contributed by atoms with Gasteiger partial charge in [-0.05, 0) is 24.6 Å². The van der Waals surface area contributed by atoms with Crippen LogP contribution in [0.5, 0.6) is 11.5 Å². The molecular formula is C12H12O4. The Morgan fingerprint density at radius 2 is 1.88 bits per heavy atom. The maximum absolute atomic E-state index is 11.4.